The molecule has 0 saturated heterocycles. The van der Waals surface area contributed by atoms with Crippen molar-refractivity contribution in [3.63, 3.8) is 0 Å². The van der Waals surface area contributed by atoms with Crippen molar-refractivity contribution in [1.29, 1.82) is 0 Å². The zero-order chi connectivity index (χ0) is 13.8. The molecule has 0 bridgehead atoms. The minimum Gasteiger partial charge on any atom is -0.508 e. The third-order valence-electron chi connectivity index (χ3n) is 3.02. The van der Waals surface area contributed by atoms with E-state index in [-0.39, 0.29) is 0 Å². The third kappa shape index (κ3) is 3.74. The summed E-state index contributed by atoms with van der Waals surface area (Å²) >= 11 is 0. The van der Waals surface area contributed by atoms with Gasteiger partial charge in [0.1, 0.15) is 5.75 Å². The summed E-state index contributed by atoms with van der Waals surface area (Å²) in [5.74, 6) is 0.308. The van der Waals surface area contributed by atoms with Crippen LogP contribution in [0.4, 0.5) is 5.69 Å². The number of hydrogen-bond donors (Lipinski definition) is 2. The lowest BCUT2D eigenvalue weighted by Crippen LogP contribution is -2.17. The molecule has 1 unspecified atom stereocenters. The lowest BCUT2D eigenvalue weighted by molar-refractivity contribution is 0.475. The number of aromatic nitrogens is 2. The number of nitrogens with zero attached hydrogens (tertiary/aromatic N) is 2. The van der Waals surface area contributed by atoms with Gasteiger partial charge in [-0.25, -0.2) is 0 Å². The van der Waals surface area contributed by atoms with Gasteiger partial charge in [-0.1, -0.05) is 12.1 Å². The summed E-state index contributed by atoms with van der Waals surface area (Å²) in [6.45, 7) is 6.35. The average molecular weight is 259 g/mol. The monoisotopic (exact) mass is 259 g/mol. The summed E-state index contributed by atoms with van der Waals surface area (Å²) in [5.41, 5.74) is 2.24. The molecule has 0 saturated carbocycles. The van der Waals surface area contributed by atoms with Crippen molar-refractivity contribution in [3.8, 4) is 5.75 Å². The molecule has 4 heteroatoms. The van der Waals surface area contributed by atoms with Crippen molar-refractivity contribution < 1.29 is 5.11 Å². The number of benzene rings is 1. The molecule has 0 fully saturated rings. The molecule has 0 aliphatic rings. The lowest BCUT2D eigenvalue weighted by atomic mass is 10.1. The molecule has 0 amide bonds. The van der Waals surface area contributed by atoms with Crippen LogP contribution in [0, 0.1) is 0 Å². The summed E-state index contributed by atoms with van der Waals surface area (Å²) in [6.07, 6.45) is 4.79. The molecule has 4 nitrogen and oxygen atoms in total. The molecule has 1 heterocycles. The molecule has 19 heavy (non-hydrogen) atoms. The molecule has 2 N–H and O–H groups in total. The van der Waals surface area contributed by atoms with Crippen LogP contribution in [0.15, 0.2) is 36.7 Å². The van der Waals surface area contributed by atoms with Gasteiger partial charge in [-0.3, -0.25) is 4.68 Å². The number of aromatic hydroxyl groups is 1. The van der Waals surface area contributed by atoms with Gasteiger partial charge in [0.15, 0.2) is 0 Å². The summed E-state index contributed by atoms with van der Waals surface area (Å²) in [6, 6.07) is 8.03. The Labute approximate surface area is 114 Å². The van der Waals surface area contributed by atoms with E-state index in [0.29, 0.717) is 17.8 Å². The fourth-order valence-electron chi connectivity index (χ4n) is 2.02. The minimum atomic E-state index is 0.308. The zero-order valence-electron chi connectivity index (χ0n) is 11.7. The quantitative estimate of drug-likeness (QED) is 0.867. The fourth-order valence-corrected chi connectivity index (χ4v) is 2.02. The van der Waals surface area contributed by atoms with Gasteiger partial charge in [0.05, 0.1) is 11.9 Å². The minimum absolute atomic E-state index is 0.308. The van der Waals surface area contributed by atoms with Crippen molar-refractivity contribution in [1.82, 2.24) is 9.78 Å². The topological polar surface area (TPSA) is 50.1 Å². The van der Waals surface area contributed by atoms with Crippen LogP contribution in [0.25, 0.3) is 0 Å². The van der Waals surface area contributed by atoms with Gasteiger partial charge < -0.3 is 10.4 Å². The van der Waals surface area contributed by atoms with E-state index in [0.717, 1.165) is 12.1 Å². The summed E-state index contributed by atoms with van der Waals surface area (Å²) in [7, 11) is 0. The van der Waals surface area contributed by atoms with Gasteiger partial charge in [-0.15, -0.1) is 0 Å². The van der Waals surface area contributed by atoms with Crippen molar-refractivity contribution in [2.24, 2.45) is 0 Å². The number of phenolic OH excluding ortho intramolecular Hbond substituents is 1. The largest absolute Gasteiger partial charge is 0.508 e. The van der Waals surface area contributed by atoms with Crippen molar-refractivity contribution in [2.45, 2.75) is 39.3 Å². The second-order valence-electron chi connectivity index (χ2n) is 5.22. The second kappa shape index (κ2) is 5.78. The second-order valence-corrected chi connectivity index (χ2v) is 5.22. The molecule has 2 aromatic rings. The van der Waals surface area contributed by atoms with Crippen LogP contribution in [0.5, 0.6) is 5.75 Å². The summed E-state index contributed by atoms with van der Waals surface area (Å²) in [5, 5.41) is 17.0. The maximum Gasteiger partial charge on any atom is 0.115 e. The Morgan fingerprint density at radius 2 is 1.89 bits per heavy atom. The highest BCUT2D eigenvalue weighted by molar-refractivity contribution is 5.40. The smallest absolute Gasteiger partial charge is 0.115 e. The highest BCUT2D eigenvalue weighted by atomic mass is 16.3. The Morgan fingerprint density at radius 3 is 2.47 bits per heavy atom. The van der Waals surface area contributed by atoms with Gasteiger partial charge in [0.2, 0.25) is 0 Å². The van der Waals surface area contributed by atoms with Crippen molar-refractivity contribution in [2.75, 3.05) is 5.32 Å². The fraction of sp³-hybridized carbons (Fsp3) is 0.400. The van der Waals surface area contributed by atoms with Gasteiger partial charge in [0, 0.05) is 18.3 Å². The number of nitrogens with one attached hydrogen (secondary N) is 1. The average Bonchev–Trinajstić information content (AvgIpc) is 2.80. The van der Waals surface area contributed by atoms with Gasteiger partial charge in [0.25, 0.3) is 0 Å². The van der Waals surface area contributed by atoms with E-state index < -0.39 is 0 Å². The Balaban J connectivity index is 1.93. The van der Waals surface area contributed by atoms with Crippen LogP contribution >= 0.6 is 0 Å². The number of hydrogen-bond acceptors (Lipinski definition) is 3. The standard InChI is InChI=1S/C15H21N3O/c1-11(2)18-10-14(9-16-18)17-12(3)8-13-4-6-15(19)7-5-13/h4-7,9-12,17,19H,8H2,1-3H3. The summed E-state index contributed by atoms with van der Waals surface area (Å²) in [4.78, 5) is 0. The molecular formula is C15H21N3O. The molecule has 102 valence electrons. The van der Waals surface area contributed by atoms with Crippen LogP contribution in [0.2, 0.25) is 0 Å². The Bertz CT molecular complexity index is 516. The first-order valence-electron chi connectivity index (χ1n) is 6.63. The first kappa shape index (κ1) is 13.5. The van der Waals surface area contributed by atoms with Crippen LogP contribution < -0.4 is 5.32 Å². The highest BCUT2D eigenvalue weighted by Gasteiger charge is 2.06. The first-order chi connectivity index (χ1) is 9.04. The molecular weight excluding hydrogens is 238 g/mol. The van der Waals surface area contributed by atoms with Gasteiger partial charge in [-0.2, -0.15) is 5.10 Å². The highest BCUT2D eigenvalue weighted by Crippen LogP contribution is 2.15. The Kier molecular flexibility index (Phi) is 4.10. The zero-order valence-corrected chi connectivity index (χ0v) is 11.7. The predicted molar refractivity (Wildman–Crippen MR) is 77.5 cm³/mol. The molecule has 0 radical (unpaired) electrons. The molecule has 1 aromatic carbocycles. The molecule has 1 atom stereocenters. The molecule has 2 rings (SSSR count). The van der Waals surface area contributed by atoms with E-state index in [1.165, 1.54) is 5.56 Å². The maximum absolute atomic E-state index is 9.25. The van der Waals surface area contributed by atoms with Crippen LogP contribution in [-0.4, -0.2) is 20.9 Å². The summed E-state index contributed by atoms with van der Waals surface area (Å²) < 4.78 is 1.94. The van der Waals surface area contributed by atoms with Crippen molar-refractivity contribution >= 4 is 5.69 Å². The van der Waals surface area contributed by atoms with E-state index in [1.807, 2.05) is 29.2 Å². The van der Waals surface area contributed by atoms with E-state index in [2.05, 4.69) is 31.2 Å². The van der Waals surface area contributed by atoms with Gasteiger partial charge >= 0.3 is 0 Å². The van der Waals surface area contributed by atoms with Crippen LogP contribution in [0.3, 0.4) is 0 Å². The van der Waals surface area contributed by atoms with Gasteiger partial charge in [-0.05, 0) is 44.9 Å². The van der Waals surface area contributed by atoms with Crippen LogP contribution in [0.1, 0.15) is 32.4 Å². The third-order valence-corrected chi connectivity index (χ3v) is 3.02. The SMILES string of the molecule is CC(Cc1ccc(O)cc1)Nc1cnn(C(C)C)c1. The number of rotatable bonds is 5. The lowest BCUT2D eigenvalue weighted by Gasteiger charge is -2.13. The molecule has 1 aromatic heterocycles. The predicted octanol–water partition coefficient (Wildman–Crippen LogP) is 3.21. The number of phenols is 1. The first-order valence-corrected chi connectivity index (χ1v) is 6.63. The molecule has 0 aliphatic heterocycles. The Morgan fingerprint density at radius 1 is 1.21 bits per heavy atom. The normalized spacial score (nSPS) is 12.6. The van der Waals surface area contributed by atoms with E-state index in [4.69, 9.17) is 0 Å². The molecule has 0 spiro atoms. The Hall–Kier alpha value is -1.97. The van der Waals surface area contributed by atoms with E-state index in [9.17, 15) is 5.11 Å². The van der Waals surface area contributed by atoms with Crippen LogP contribution in [-0.2, 0) is 6.42 Å². The maximum atomic E-state index is 9.25. The molecule has 0 aliphatic carbocycles. The van der Waals surface area contributed by atoms with E-state index in [1.54, 1.807) is 12.1 Å². The van der Waals surface area contributed by atoms with E-state index >= 15 is 0 Å². The number of anilines is 1. The van der Waals surface area contributed by atoms with Crippen molar-refractivity contribution in [3.05, 3.63) is 42.2 Å².